The van der Waals surface area contributed by atoms with Gasteiger partial charge in [-0.3, -0.25) is 0 Å². The first-order chi connectivity index (χ1) is 10.3. The number of oxime groups is 1. The molecule has 5 nitrogen and oxygen atoms in total. The molecule has 0 saturated carbocycles. The molecule has 0 fully saturated rings. The van der Waals surface area contributed by atoms with E-state index in [1.807, 2.05) is 48.0 Å². The molecule has 0 aliphatic carbocycles. The molecule has 3 aromatic rings. The zero-order valence-corrected chi connectivity index (χ0v) is 12.2. The quantitative estimate of drug-likeness (QED) is 0.533. The fourth-order valence-electron chi connectivity index (χ4n) is 1.67. The van der Waals surface area contributed by atoms with Crippen LogP contribution < -0.4 is 0 Å². The van der Waals surface area contributed by atoms with Gasteiger partial charge in [0.2, 0.25) is 5.82 Å². The van der Waals surface area contributed by atoms with Crippen molar-refractivity contribution in [2.75, 3.05) is 0 Å². The predicted octanol–water partition coefficient (Wildman–Crippen LogP) is 3.66. The van der Waals surface area contributed by atoms with Crippen molar-refractivity contribution in [3.05, 3.63) is 58.1 Å². The van der Waals surface area contributed by atoms with Gasteiger partial charge in [0.1, 0.15) is 0 Å². The fourth-order valence-corrected chi connectivity index (χ4v) is 2.30. The molecule has 0 atom stereocenters. The number of aromatic nitrogens is 2. The Bertz CT molecular complexity index is 718. The highest BCUT2D eigenvalue weighted by atomic mass is 32.1. The summed E-state index contributed by atoms with van der Waals surface area (Å²) in [4.78, 5) is 9.40. The van der Waals surface area contributed by atoms with E-state index in [2.05, 4.69) is 15.3 Å². The third kappa shape index (κ3) is 3.55. The summed E-state index contributed by atoms with van der Waals surface area (Å²) < 4.78 is 5.10. The van der Waals surface area contributed by atoms with Crippen molar-refractivity contribution in [2.45, 2.75) is 13.5 Å². The van der Waals surface area contributed by atoms with Crippen LogP contribution >= 0.6 is 11.3 Å². The topological polar surface area (TPSA) is 60.5 Å². The molecule has 0 amide bonds. The Balaban J connectivity index is 1.55. The standard InChI is InChI=1S/C15H13N3O2S/c1-11-2-4-12(5-3-11)8-16-19-9-14-17-15(18-20-14)13-6-7-21-10-13/h2-8,10H,9H2,1H3/b16-8-. The molecular formula is C15H13N3O2S. The summed E-state index contributed by atoms with van der Waals surface area (Å²) in [6.45, 7) is 2.19. The largest absolute Gasteiger partial charge is 0.386 e. The van der Waals surface area contributed by atoms with Gasteiger partial charge in [-0.1, -0.05) is 40.1 Å². The van der Waals surface area contributed by atoms with Gasteiger partial charge in [0.25, 0.3) is 5.89 Å². The molecule has 0 spiro atoms. The van der Waals surface area contributed by atoms with Crippen molar-refractivity contribution in [3.8, 4) is 11.4 Å². The summed E-state index contributed by atoms with van der Waals surface area (Å²) in [7, 11) is 0. The highest BCUT2D eigenvalue weighted by Crippen LogP contribution is 2.18. The summed E-state index contributed by atoms with van der Waals surface area (Å²) in [5.74, 6) is 0.967. The van der Waals surface area contributed by atoms with Gasteiger partial charge in [-0.15, -0.1) is 0 Å². The van der Waals surface area contributed by atoms with Crippen LogP contribution in [0.4, 0.5) is 0 Å². The minimum atomic E-state index is 0.152. The van der Waals surface area contributed by atoms with E-state index in [1.54, 1.807) is 17.6 Å². The first kappa shape index (κ1) is 13.5. The minimum absolute atomic E-state index is 0.152. The highest BCUT2D eigenvalue weighted by molar-refractivity contribution is 7.08. The van der Waals surface area contributed by atoms with Gasteiger partial charge in [-0.25, -0.2) is 0 Å². The molecule has 21 heavy (non-hydrogen) atoms. The molecule has 106 valence electrons. The lowest BCUT2D eigenvalue weighted by atomic mass is 10.2. The molecular weight excluding hydrogens is 286 g/mol. The first-order valence-corrected chi connectivity index (χ1v) is 7.33. The number of rotatable bonds is 5. The van der Waals surface area contributed by atoms with E-state index < -0.39 is 0 Å². The van der Waals surface area contributed by atoms with Crippen molar-refractivity contribution < 1.29 is 9.36 Å². The average Bonchev–Trinajstić information content (AvgIpc) is 3.16. The molecule has 6 heteroatoms. The molecule has 0 N–H and O–H groups in total. The Kier molecular flexibility index (Phi) is 4.07. The van der Waals surface area contributed by atoms with Gasteiger partial charge in [0.15, 0.2) is 6.61 Å². The molecule has 0 unspecified atom stereocenters. The van der Waals surface area contributed by atoms with Crippen LogP contribution in [0.1, 0.15) is 17.0 Å². The third-order valence-corrected chi connectivity index (χ3v) is 3.47. The number of thiophene rings is 1. The molecule has 1 aromatic carbocycles. The van der Waals surface area contributed by atoms with Gasteiger partial charge in [-0.2, -0.15) is 16.3 Å². The Morgan fingerprint density at radius 2 is 2.14 bits per heavy atom. The zero-order valence-electron chi connectivity index (χ0n) is 11.4. The molecule has 2 heterocycles. The number of benzene rings is 1. The fraction of sp³-hybridized carbons (Fsp3) is 0.133. The Morgan fingerprint density at radius 1 is 1.29 bits per heavy atom. The molecule has 0 saturated heterocycles. The monoisotopic (exact) mass is 299 g/mol. The van der Waals surface area contributed by atoms with Crippen LogP contribution in [0.3, 0.4) is 0 Å². The van der Waals surface area contributed by atoms with Crippen molar-refractivity contribution in [1.29, 1.82) is 0 Å². The van der Waals surface area contributed by atoms with Crippen molar-refractivity contribution >= 4 is 17.6 Å². The van der Waals surface area contributed by atoms with Crippen LogP contribution in [-0.4, -0.2) is 16.4 Å². The second kappa shape index (κ2) is 6.32. The van der Waals surface area contributed by atoms with Crippen LogP contribution in [0.2, 0.25) is 0 Å². The summed E-state index contributed by atoms with van der Waals surface area (Å²) in [5, 5.41) is 11.7. The SMILES string of the molecule is Cc1ccc(/C=N\OCc2nc(-c3ccsc3)no2)cc1. The van der Waals surface area contributed by atoms with Crippen LogP contribution in [0, 0.1) is 6.92 Å². The Labute approximate surface area is 125 Å². The summed E-state index contributed by atoms with van der Waals surface area (Å²) in [6.07, 6.45) is 1.65. The van der Waals surface area contributed by atoms with Crippen LogP contribution in [0.25, 0.3) is 11.4 Å². The molecule has 0 radical (unpaired) electrons. The van der Waals surface area contributed by atoms with Gasteiger partial charge in [-0.05, 0) is 23.9 Å². The van der Waals surface area contributed by atoms with E-state index in [4.69, 9.17) is 9.36 Å². The lowest BCUT2D eigenvalue weighted by molar-refractivity contribution is 0.107. The van der Waals surface area contributed by atoms with Crippen molar-refractivity contribution in [3.63, 3.8) is 0 Å². The first-order valence-electron chi connectivity index (χ1n) is 6.38. The maximum atomic E-state index is 5.16. The molecule has 0 aliphatic heterocycles. The Morgan fingerprint density at radius 3 is 2.90 bits per heavy atom. The lowest BCUT2D eigenvalue weighted by Gasteiger charge is -1.95. The maximum Gasteiger partial charge on any atom is 0.267 e. The Hall–Kier alpha value is -2.47. The normalized spacial score (nSPS) is 11.1. The van der Waals surface area contributed by atoms with Gasteiger partial charge < -0.3 is 9.36 Å². The average molecular weight is 299 g/mol. The van der Waals surface area contributed by atoms with E-state index in [1.165, 1.54) is 5.56 Å². The van der Waals surface area contributed by atoms with Gasteiger partial charge >= 0.3 is 0 Å². The second-order valence-corrected chi connectivity index (χ2v) is 5.22. The number of nitrogens with zero attached hydrogens (tertiary/aromatic N) is 3. The number of hydrogen-bond donors (Lipinski definition) is 0. The minimum Gasteiger partial charge on any atom is -0.386 e. The zero-order chi connectivity index (χ0) is 14.5. The number of aryl methyl sites for hydroxylation is 1. The van der Waals surface area contributed by atoms with E-state index in [-0.39, 0.29) is 6.61 Å². The highest BCUT2D eigenvalue weighted by Gasteiger charge is 2.08. The molecule has 3 rings (SSSR count). The smallest absolute Gasteiger partial charge is 0.267 e. The maximum absolute atomic E-state index is 5.16. The van der Waals surface area contributed by atoms with E-state index in [9.17, 15) is 0 Å². The molecule has 0 bridgehead atoms. The number of hydrogen-bond acceptors (Lipinski definition) is 6. The molecule has 0 aliphatic rings. The van der Waals surface area contributed by atoms with E-state index in [0.29, 0.717) is 11.7 Å². The van der Waals surface area contributed by atoms with Crippen LogP contribution in [0.5, 0.6) is 0 Å². The van der Waals surface area contributed by atoms with Gasteiger partial charge in [0.05, 0.1) is 6.21 Å². The summed E-state index contributed by atoms with van der Waals surface area (Å²) in [5.41, 5.74) is 3.13. The van der Waals surface area contributed by atoms with Crippen molar-refractivity contribution in [1.82, 2.24) is 10.1 Å². The van der Waals surface area contributed by atoms with Gasteiger partial charge in [0, 0.05) is 10.9 Å². The second-order valence-electron chi connectivity index (χ2n) is 4.44. The molecule has 2 aromatic heterocycles. The van der Waals surface area contributed by atoms with E-state index >= 15 is 0 Å². The third-order valence-electron chi connectivity index (χ3n) is 2.79. The lowest BCUT2D eigenvalue weighted by Crippen LogP contribution is -1.89. The van der Waals surface area contributed by atoms with Crippen molar-refractivity contribution in [2.24, 2.45) is 5.16 Å². The van der Waals surface area contributed by atoms with Crippen LogP contribution in [-0.2, 0) is 11.4 Å². The summed E-state index contributed by atoms with van der Waals surface area (Å²) in [6, 6.07) is 9.93. The van der Waals surface area contributed by atoms with E-state index in [0.717, 1.165) is 11.1 Å². The summed E-state index contributed by atoms with van der Waals surface area (Å²) >= 11 is 1.59. The van der Waals surface area contributed by atoms with Crippen LogP contribution in [0.15, 0.2) is 50.8 Å². The predicted molar refractivity (Wildman–Crippen MR) is 81.2 cm³/mol.